The van der Waals surface area contributed by atoms with E-state index in [1.54, 1.807) is 12.4 Å². The number of benzene rings is 1. The maximum atomic E-state index is 13.9. The van der Waals surface area contributed by atoms with Crippen molar-refractivity contribution in [3.05, 3.63) is 53.1 Å². The first-order valence-electron chi connectivity index (χ1n) is 11.9. The van der Waals surface area contributed by atoms with Crippen molar-refractivity contribution in [2.24, 2.45) is 5.41 Å². The summed E-state index contributed by atoms with van der Waals surface area (Å²) in [6.07, 6.45) is 3.24. The lowest BCUT2D eigenvalue weighted by Gasteiger charge is -2.60. The lowest BCUT2D eigenvalue weighted by molar-refractivity contribution is -0.173. The van der Waals surface area contributed by atoms with Gasteiger partial charge in [0.05, 0.1) is 12.2 Å². The number of alkyl halides is 2. The summed E-state index contributed by atoms with van der Waals surface area (Å²) < 4.78 is 29.8. The van der Waals surface area contributed by atoms with E-state index in [0.29, 0.717) is 18.1 Å². The van der Waals surface area contributed by atoms with Crippen molar-refractivity contribution in [3.8, 4) is 5.69 Å². The van der Waals surface area contributed by atoms with Gasteiger partial charge in [-0.3, -0.25) is 9.47 Å². The van der Waals surface area contributed by atoms with E-state index in [1.165, 1.54) is 0 Å². The van der Waals surface area contributed by atoms with E-state index in [0.717, 1.165) is 55.2 Å². The summed E-state index contributed by atoms with van der Waals surface area (Å²) in [5, 5.41) is 9.73. The first kappa shape index (κ1) is 21.4. The highest BCUT2D eigenvalue weighted by atomic mass is 35.5. The second kappa shape index (κ2) is 7.10. The molecule has 1 saturated carbocycles. The van der Waals surface area contributed by atoms with E-state index in [1.807, 2.05) is 31.2 Å². The minimum absolute atomic E-state index is 0.146. The Morgan fingerprint density at radius 3 is 2.37 bits per heavy atom. The highest BCUT2D eigenvalue weighted by molar-refractivity contribution is 6.30. The minimum Gasteiger partial charge on any atom is -0.339 e. The molecule has 0 N–H and O–H groups in total. The van der Waals surface area contributed by atoms with E-state index in [2.05, 4.69) is 39.4 Å². The number of rotatable bonds is 3. The molecule has 0 atom stereocenters. The van der Waals surface area contributed by atoms with Gasteiger partial charge in [-0.05, 0) is 36.8 Å². The molecule has 0 unspecified atom stereocenters. The summed E-state index contributed by atoms with van der Waals surface area (Å²) >= 11 is 6.35. The molecule has 7 rings (SSSR count). The van der Waals surface area contributed by atoms with Crippen LogP contribution in [0.4, 0.5) is 20.7 Å². The molecular formula is C24H25ClF2N8. The van der Waals surface area contributed by atoms with Crippen molar-refractivity contribution < 1.29 is 8.78 Å². The van der Waals surface area contributed by atoms with Gasteiger partial charge in [-0.1, -0.05) is 11.6 Å². The molecule has 4 aliphatic rings. The normalized spacial score (nSPS) is 23.5. The summed E-state index contributed by atoms with van der Waals surface area (Å²) in [5.74, 6) is -0.264. The molecule has 182 valence electrons. The van der Waals surface area contributed by atoms with Gasteiger partial charge < -0.3 is 9.80 Å². The summed E-state index contributed by atoms with van der Waals surface area (Å²) in [7, 11) is 0. The molecule has 5 heterocycles. The number of hydrogen-bond acceptors (Lipinski definition) is 7. The second-order valence-electron chi connectivity index (χ2n) is 10.8. The topological polar surface area (TPSA) is 66.2 Å². The molecule has 3 aliphatic heterocycles. The lowest BCUT2D eigenvalue weighted by atomic mass is 9.73. The predicted molar refractivity (Wildman–Crippen MR) is 127 cm³/mol. The van der Waals surface area contributed by atoms with Crippen LogP contribution in [-0.4, -0.2) is 67.3 Å². The molecule has 0 bridgehead atoms. The molecule has 3 aromatic rings. The molecule has 8 nitrogen and oxygen atoms in total. The van der Waals surface area contributed by atoms with E-state index < -0.39 is 11.5 Å². The number of hydrogen-bond donors (Lipinski definition) is 0. The van der Waals surface area contributed by atoms with Crippen LogP contribution in [0.5, 0.6) is 0 Å². The SMILES string of the molecule is CC1(N2Cc3cc(Cl)ccc3-n3c(nnc3N3CC4(CN(c5ncccn5)C4)C3)C2)CC(F)(F)C1. The largest absolute Gasteiger partial charge is 0.339 e. The van der Waals surface area contributed by atoms with E-state index >= 15 is 0 Å². The van der Waals surface area contributed by atoms with Crippen LogP contribution in [0.3, 0.4) is 0 Å². The molecular weight excluding hydrogens is 474 g/mol. The van der Waals surface area contributed by atoms with Gasteiger partial charge in [0.25, 0.3) is 5.92 Å². The minimum atomic E-state index is -2.61. The van der Waals surface area contributed by atoms with Crippen LogP contribution in [0, 0.1) is 5.41 Å². The third kappa shape index (κ3) is 3.33. The fourth-order valence-corrected chi connectivity index (χ4v) is 6.52. The zero-order valence-electron chi connectivity index (χ0n) is 19.3. The van der Waals surface area contributed by atoms with Crippen LogP contribution in [0.1, 0.15) is 31.2 Å². The molecule has 0 amide bonds. The standard InChI is InChI=1S/C24H25ClF2N8/c1-22(10-24(26,27)11-22)34-8-16-7-17(25)3-4-18(16)35-19(9-34)30-31-21(35)33-14-23(15-33)12-32(13-23)20-28-5-2-6-29-20/h2-7H,8-15H2,1H3. The Kier molecular flexibility index (Phi) is 4.35. The van der Waals surface area contributed by atoms with Crippen molar-refractivity contribution >= 4 is 23.5 Å². The quantitative estimate of drug-likeness (QED) is 0.547. The maximum Gasteiger partial charge on any atom is 0.251 e. The number of aromatic nitrogens is 5. The molecule has 35 heavy (non-hydrogen) atoms. The molecule has 0 radical (unpaired) electrons. The van der Waals surface area contributed by atoms with Gasteiger partial charge in [-0.2, -0.15) is 0 Å². The average Bonchev–Trinajstić information content (AvgIpc) is 3.06. The highest BCUT2D eigenvalue weighted by Gasteiger charge is 2.57. The van der Waals surface area contributed by atoms with Gasteiger partial charge in [0.2, 0.25) is 11.9 Å². The fraction of sp³-hybridized carbons (Fsp3) is 0.500. The number of halogens is 3. The smallest absolute Gasteiger partial charge is 0.251 e. The molecule has 2 saturated heterocycles. The van der Waals surface area contributed by atoms with Crippen LogP contribution < -0.4 is 9.80 Å². The van der Waals surface area contributed by atoms with Crippen LogP contribution in [-0.2, 0) is 13.1 Å². The Morgan fingerprint density at radius 2 is 1.66 bits per heavy atom. The molecule has 1 aromatic carbocycles. The Labute approximate surface area is 206 Å². The van der Waals surface area contributed by atoms with Crippen molar-refractivity contribution in [1.82, 2.24) is 29.6 Å². The molecule has 1 spiro atoms. The number of fused-ring (bicyclic) bond motifs is 3. The first-order chi connectivity index (χ1) is 16.7. The summed E-state index contributed by atoms with van der Waals surface area (Å²) in [6.45, 7) is 6.52. The van der Waals surface area contributed by atoms with Crippen LogP contribution >= 0.6 is 11.6 Å². The zero-order valence-corrected chi connectivity index (χ0v) is 20.1. The fourth-order valence-electron chi connectivity index (χ4n) is 6.32. The van der Waals surface area contributed by atoms with Crippen molar-refractivity contribution in [1.29, 1.82) is 0 Å². The Hall–Kier alpha value is -2.85. The highest BCUT2D eigenvalue weighted by Crippen LogP contribution is 2.51. The Bertz CT molecular complexity index is 1290. The molecule has 2 aromatic heterocycles. The monoisotopic (exact) mass is 498 g/mol. The van der Waals surface area contributed by atoms with E-state index in [9.17, 15) is 8.78 Å². The number of anilines is 2. The first-order valence-corrected chi connectivity index (χ1v) is 12.2. The second-order valence-corrected chi connectivity index (χ2v) is 11.3. The third-order valence-electron chi connectivity index (χ3n) is 7.95. The maximum absolute atomic E-state index is 13.9. The van der Waals surface area contributed by atoms with E-state index in [-0.39, 0.29) is 18.3 Å². The molecule has 1 aliphatic carbocycles. The van der Waals surface area contributed by atoms with Gasteiger partial charge >= 0.3 is 0 Å². The lowest BCUT2D eigenvalue weighted by Crippen LogP contribution is -2.73. The van der Waals surface area contributed by atoms with Crippen molar-refractivity contribution in [3.63, 3.8) is 0 Å². The van der Waals surface area contributed by atoms with E-state index in [4.69, 9.17) is 11.6 Å². The van der Waals surface area contributed by atoms with Crippen LogP contribution in [0.25, 0.3) is 5.69 Å². The van der Waals surface area contributed by atoms with Gasteiger partial charge in [-0.25, -0.2) is 18.7 Å². The van der Waals surface area contributed by atoms with Gasteiger partial charge in [0.1, 0.15) is 0 Å². The molecule has 3 fully saturated rings. The zero-order chi connectivity index (χ0) is 24.0. The Morgan fingerprint density at radius 1 is 0.943 bits per heavy atom. The third-order valence-corrected chi connectivity index (χ3v) is 8.19. The van der Waals surface area contributed by atoms with Gasteiger partial charge in [0.15, 0.2) is 5.82 Å². The average molecular weight is 499 g/mol. The number of nitrogens with zero attached hydrogens (tertiary/aromatic N) is 8. The van der Waals surface area contributed by atoms with Gasteiger partial charge in [-0.15, -0.1) is 10.2 Å². The van der Waals surface area contributed by atoms with Crippen LogP contribution in [0.15, 0.2) is 36.7 Å². The van der Waals surface area contributed by atoms with Gasteiger partial charge in [0, 0.05) is 73.9 Å². The summed E-state index contributed by atoms with van der Waals surface area (Å²) in [5.41, 5.74) is 1.59. The van der Waals surface area contributed by atoms with Crippen molar-refractivity contribution in [2.45, 2.75) is 44.3 Å². The molecule has 11 heteroatoms. The Balaban J connectivity index is 1.16. The van der Waals surface area contributed by atoms with Crippen molar-refractivity contribution in [2.75, 3.05) is 36.0 Å². The summed E-state index contributed by atoms with van der Waals surface area (Å²) in [4.78, 5) is 15.3. The predicted octanol–water partition coefficient (Wildman–Crippen LogP) is 3.54. The van der Waals surface area contributed by atoms with Crippen LogP contribution in [0.2, 0.25) is 5.02 Å². The summed E-state index contributed by atoms with van der Waals surface area (Å²) in [6, 6.07) is 7.61.